The molecule has 3 rings (SSSR count). The van der Waals surface area contributed by atoms with Crippen LogP contribution in [0.25, 0.3) is 11.0 Å². The van der Waals surface area contributed by atoms with E-state index in [0.29, 0.717) is 5.69 Å². The van der Waals surface area contributed by atoms with Crippen LogP contribution in [0.3, 0.4) is 0 Å². The first-order valence-corrected chi connectivity index (χ1v) is 7.21. The highest BCUT2D eigenvalue weighted by Gasteiger charge is 2.27. The molecule has 3 aromatic rings. The number of fused-ring (bicyclic) bond motifs is 1. The van der Waals surface area contributed by atoms with Gasteiger partial charge in [0.05, 0.1) is 25.0 Å². The first-order chi connectivity index (χ1) is 11.1. The zero-order chi connectivity index (χ0) is 16.2. The Balaban J connectivity index is 0.00000208. The summed E-state index contributed by atoms with van der Waals surface area (Å²) < 4.78 is 5.43. The van der Waals surface area contributed by atoms with Crippen molar-refractivity contribution in [2.24, 2.45) is 0 Å². The van der Waals surface area contributed by atoms with Gasteiger partial charge >= 0.3 is 7.12 Å². The van der Waals surface area contributed by atoms with E-state index in [9.17, 15) is 14.8 Å². The third kappa shape index (κ3) is 4.17. The van der Waals surface area contributed by atoms with E-state index in [1.165, 1.54) is 6.33 Å². The van der Waals surface area contributed by atoms with Gasteiger partial charge in [-0.05, 0) is 18.1 Å². The van der Waals surface area contributed by atoms with E-state index in [-0.39, 0.29) is 31.2 Å². The Labute approximate surface area is 144 Å². The molecule has 0 unspecified atom stereocenters. The molecular formula is C15H17BClN3O4. The number of amides is 1. The lowest BCUT2D eigenvalue weighted by Crippen LogP contribution is -2.48. The van der Waals surface area contributed by atoms with Crippen LogP contribution >= 0.6 is 12.4 Å². The summed E-state index contributed by atoms with van der Waals surface area (Å²) in [7, 11) is -1.67. The predicted molar refractivity (Wildman–Crippen MR) is 91.6 cm³/mol. The highest BCUT2D eigenvalue weighted by Crippen LogP contribution is 2.22. The molecule has 4 N–H and O–H groups in total. The smallest absolute Gasteiger partial charge is 0.464 e. The molecule has 1 amide bonds. The first-order valence-electron chi connectivity index (χ1n) is 7.21. The van der Waals surface area contributed by atoms with Gasteiger partial charge < -0.3 is 24.8 Å². The van der Waals surface area contributed by atoms with Crippen LogP contribution in [0.15, 0.2) is 47.5 Å². The zero-order valence-electron chi connectivity index (χ0n) is 12.7. The molecular weight excluding hydrogens is 332 g/mol. The van der Waals surface area contributed by atoms with Crippen LogP contribution in [0.4, 0.5) is 0 Å². The molecule has 9 heteroatoms. The minimum Gasteiger partial charge on any atom is -0.464 e. The Bertz CT molecular complexity index is 791. The fraction of sp³-hybridized carbons (Fsp3) is 0.200. The molecule has 126 valence electrons. The number of furan rings is 1. The number of carbonyl (C=O) groups excluding carboxylic acids is 1. The third-order valence-electron chi connectivity index (χ3n) is 3.61. The van der Waals surface area contributed by atoms with Gasteiger partial charge in [0, 0.05) is 17.3 Å². The molecule has 24 heavy (non-hydrogen) atoms. The van der Waals surface area contributed by atoms with E-state index in [0.717, 1.165) is 16.5 Å². The lowest BCUT2D eigenvalue weighted by Gasteiger charge is -2.17. The predicted octanol–water partition coefficient (Wildman–Crippen LogP) is 0.860. The fourth-order valence-corrected chi connectivity index (χ4v) is 2.47. The maximum absolute atomic E-state index is 12.0. The number of hydrogen-bond acceptors (Lipinski definition) is 5. The Hall–Kier alpha value is -2.29. The summed E-state index contributed by atoms with van der Waals surface area (Å²) in [5.41, 5.74) is 2.18. The van der Waals surface area contributed by atoms with Crippen LogP contribution in [-0.4, -0.2) is 39.0 Å². The largest absolute Gasteiger partial charge is 0.475 e. The molecule has 0 aliphatic carbocycles. The molecule has 0 aliphatic rings. The van der Waals surface area contributed by atoms with Gasteiger partial charge in [0.25, 0.3) is 0 Å². The number of nitrogens with one attached hydrogen (secondary N) is 2. The number of nitrogens with zero attached hydrogens (tertiary/aromatic N) is 1. The summed E-state index contributed by atoms with van der Waals surface area (Å²) in [6.45, 7) is 0. The summed E-state index contributed by atoms with van der Waals surface area (Å²) in [5, 5.41) is 22.6. The second-order valence-electron chi connectivity index (χ2n) is 5.30. The molecule has 0 saturated heterocycles. The van der Waals surface area contributed by atoms with Crippen molar-refractivity contribution in [1.29, 1.82) is 0 Å². The second-order valence-corrected chi connectivity index (χ2v) is 5.30. The number of halogens is 1. The molecule has 0 saturated carbocycles. The minimum absolute atomic E-state index is 0. The van der Waals surface area contributed by atoms with Crippen LogP contribution in [0.1, 0.15) is 11.3 Å². The molecule has 0 radical (unpaired) electrons. The van der Waals surface area contributed by atoms with Gasteiger partial charge in [0.15, 0.2) is 0 Å². The van der Waals surface area contributed by atoms with Gasteiger partial charge in [-0.25, -0.2) is 4.98 Å². The molecule has 0 bridgehead atoms. The number of hydrogen-bond donors (Lipinski definition) is 4. The molecule has 0 fully saturated rings. The molecule has 1 aromatic carbocycles. The van der Waals surface area contributed by atoms with E-state index < -0.39 is 13.1 Å². The topological polar surface area (TPSA) is 111 Å². The van der Waals surface area contributed by atoms with E-state index in [1.54, 1.807) is 12.5 Å². The normalized spacial score (nSPS) is 11.8. The Morgan fingerprint density at radius 1 is 1.38 bits per heavy atom. The average Bonchev–Trinajstić information content (AvgIpc) is 3.16. The summed E-state index contributed by atoms with van der Waals surface area (Å²) in [6, 6.07) is 7.46. The van der Waals surface area contributed by atoms with Crippen molar-refractivity contribution in [2.75, 3.05) is 0 Å². The van der Waals surface area contributed by atoms with E-state index in [4.69, 9.17) is 4.42 Å². The van der Waals surface area contributed by atoms with Crippen LogP contribution in [0, 0.1) is 0 Å². The molecule has 0 spiro atoms. The Morgan fingerprint density at radius 2 is 2.17 bits per heavy atom. The molecule has 1 atom stereocenters. The lowest BCUT2D eigenvalue weighted by atomic mass is 9.76. The number of para-hydroxylation sites is 1. The first kappa shape index (κ1) is 18.1. The van der Waals surface area contributed by atoms with Gasteiger partial charge in [-0.15, -0.1) is 12.4 Å². The number of aromatic amines is 1. The highest BCUT2D eigenvalue weighted by atomic mass is 35.5. The van der Waals surface area contributed by atoms with E-state index >= 15 is 0 Å². The van der Waals surface area contributed by atoms with Crippen molar-refractivity contribution < 1.29 is 19.3 Å². The van der Waals surface area contributed by atoms with E-state index in [2.05, 4.69) is 15.3 Å². The van der Waals surface area contributed by atoms with Crippen molar-refractivity contribution in [3.8, 4) is 0 Å². The van der Waals surface area contributed by atoms with Crippen molar-refractivity contribution in [3.63, 3.8) is 0 Å². The molecule has 0 aliphatic heterocycles. The quantitative estimate of drug-likeness (QED) is 0.493. The number of aromatic nitrogens is 2. The maximum atomic E-state index is 12.0. The average molecular weight is 350 g/mol. The van der Waals surface area contributed by atoms with Crippen LogP contribution < -0.4 is 5.32 Å². The van der Waals surface area contributed by atoms with Crippen molar-refractivity contribution >= 4 is 36.4 Å². The van der Waals surface area contributed by atoms with Crippen LogP contribution in [-0.2, 0) is 17.6 Å². The zero-order valence-corrected chi connectivity index (χ0v) is 13.5. The lowest BCUT2D eigenvalue weighted by molar-refractivity contribution is -0.120. The molecule has 7 nitrogen and oxygen atoms in total. The molecule has 2 heterocycles. The Morgan fingerprint density at radius 3 is 2.88 bits per heavy atom. The van der Waals surface area contributed by atoms with Gasteiger partial charge in [-0.1, -0.05) is 18.2 Å². The van der Waals surface area contributed by atoms with E-state index in [1.807, 2.05) is 24.3 Å². The Kier molecular flexibility index (Phi) is 6.02. The van der Waals surface area contributed by atoms with Gasteiger partial charge in [-0.3, -0.25) is 4.79 Å². The summed E-state index contributed by atoms with van der Waals surface area (Å²) in [6.07, 6.45) is 4.95. The van der Waals surface area contributed by atoms with Crippen LogP contribution in [0.2, 0.25) is 0 Å². The molecule has 2 aromatic heterocycles. The number of rotatable bonds is 6. The standard InChI is InChI=1S/C15H16BN3O4.ClH/c20-15(6-11-7-17-9-18-11)19-14(16(21)22)5-10-8-23-13-4-2-1-3-12(10)13;/h1-4,7-9,14,21-22H,5-6H2,(H,17,18)(H,19,20);1H/t14-;/m0./s1. The highest BCUT2D eigenvalue weighted by molar-refractivity contribution is 6.43. The minimum atomic E-state index is -1.67. The van der Waals surface area contributed by atoms with Crippen molar-refractivity contribution in [3.05, 3.63) is 54.3 Å². The third-order valence-corrected chi connectivity index (χ3v) is 3.61. The number of H-pyrrole nitrogens is 1. The van der Waals surface area contributed by atoms with Crippen molar-refractivity contribution in [1.82, 2.24) is 15.3 Å². The van der Waals surface area contributed by atoms with Gasteiger partial charge in [0.1, 0.15) is 5.58 Å². The van der Waals surface area contributed by atoms with Gasteiger partial charge in [-0.2, -0.15) is 0 Å². The maximum Gasteiger partial charge on any atom is 0.475 e. The number of benzene rings is 1. The van der Waals surface area contributed by atoms with Crippen LogP contribution in [0.5, 0.6) is 0 Å². The summed E-state index contributed by atoms with van der Waals surface area (Å²) in [4.78, 5) is 18.7. The summed E-state index contributed by atoms with van der Waals surface area (Å²) >= 11 is 0. The number of carbonyl (C=O) groups is 1. The summed E-state index contributed by atoms with van der Waals surface area (Å²) in [5.74, 6) is -1.15. The monoisotopic (exact) mass is 349 g/mol. The second kappa shape index (κ2) is 8.00. The van der Waals surface area contributed by atoms with Gasteiger partial charge in [0.2, 0.25) is 5.91 Å². The fourth-order valence-electron chi connectivity index (χ4n) is 2.47. The number of imidazole rings is 1. The van der Waals surface area contributed by atoms with Crippen molar-refractivity contribution in [2.45, 2.75) is 18.8 Å². The SMILES string of the molecule is Cl.O=C(Cc1cnc[nH]1)N[C@@H](Cc1coc2ccccc12)B(O)O.